The second kappa shape index (κ2) is 7.81. The van der Waals surface area contributed by atoms with Gasteiger partial charge in [0.1, 0.15) is 5.75 Å². The van der Waals surface area contributed by atoms with Crippen LogP contribution in [0.15, 0.2) is 72.0 Å². The van der Waals surface area contributed by atoms with Crippen LogP contribution in [0.3, 0.4) is 0 Å². The number of aliphatic imine (C=N–C) groups is 1. The quantitative estimate of drug-likeness (QED) is 0.527. The molecule has 3 N–H and O–H groups in total. The molecular formula is C18H16F3N5O. The summed E-state index contributed by atoms with van der Waals surface area (Å²) in [7, 11) is 0. The van der Waals surface area contributed by atoms with E-state index in [1.165, 1.54) is 24.3 Å². The van der Waals surface area contributed by atoms with Gasteiger partial charge in [0.15, 0.2) is 5.96 Å². The van der Waals surface area contributed by atoms with E-state index in [2.05, 4.69) is 20.1 Å². The van der Waals surface area contributed by atoms with Crippen LogP contribution in [0.4, 0.5) is 18.9 Å². The highest BCUT2D eigenvalue weighted by Gasteiger charge is 2.30. The molecule has 3 aromatic rings. The number of para-hydroxylation sites is 1. The van der Waals surface area contributed by atoms with Crippen molar-refractivity contribution in [1.29, 1.82) is 0 Å². The maximum Gasteiger partial charge on any atom is 0.573 e. The fraction of sp³-hybridized carbons (Fsp3) is 0.111. The number of aromatic nitrogens is 2. The Labute approximate surface area is 153 Å². The normalized spacial score (nSPS) is 12.0. The highest BCUT2D eigenvalue weighted by atomic mass is 19.4. The van der Waals surface area contributed by atoms with E-state index in [0.717, 1.165) is 11.3 Å². The van der Waals surface area contributed by atoms with E-state index < -0.39 is 6.36 Å². The van der Waals surface area contributed by atoms with E-state index in [4.69, 9.17) is 5.73 Å². The van der Waals surface area contributed by atoms with Crippen molar-refractivity contribution in [2.24, 2.45) is 10.7 Å². The lowest BCUT2D eigenvalue weighted by Crippen LogP contribution is -2.22. The van der Waals surface area contributed by atoms with Crippen LogP contribution < -0.4 is 15.8 Å². The van der Waals surface area contributed by atoms with E-state index in [0.29, 0.717) is 12.2 Å². The van der Waals surface area contributed by atoms with Gasteiger partial charge >= 0.3 is 6.36 Å². The number of halogens is 3. The van der Waals surface area contributed by atoms with Crippen molar-refractivity contribution >= 4 is 11.6 Å². The van der Waals surface area contributed by atoms with Gasteiger partial charge in [-0.3, -0.25) is 0 Å². The number of alkyl halides is 3. The molecule has 0 saturated heterocycles. The van der Waals surface area contributed by atoms with E-state index in [-0.39, 0.29) is 11.7 Å². The van der Waals surface area contributed by atoms with Gasteiger partial charge in [-0.05, 0) is 36.4 Å². The zero-order chi connectivity index (χ0) is 19.3. The van der Waals surface area contributed by atoms with Crippen molar-refractivity contribution < 1.29 is 17.9 Å². The van der Waals surface area contributed by atoms with Crippen LogP contribution in [0.1, 0.15) is 5.56 Å². The minimum atomic E-state index is -4.72. The molecule has 2 aromatic carbocycles. The summed E-state index contributed by atoms with van der Waals surface area (Å²) in [4.78, 5) is 4.20. The number of rotatable bonds is 5. The molecular weight excluding hydrogens is 359 g/mol. The standard InChI is InChI=1S/C18H16F3N5O/c19-18(20,21)27-16-8-6-14(7-9-16)25-17(22)23-10-13-11-24-26(12-13)15-4-2-1-3-5-15/h1-9,11-12H,10H2,(H3,22,23,25). The number of nitrogens with zero attached hydrogens (tertiary/aromatic N) is 3. The Morgan fingerprint density at radius 1 is 1.11 bits per heavy atom. The SMILES string of the molecule is NC(=NCc1cnn(-c2ccccc2)c1)Nc1ccc(OC(F)(F)F)cc1. The number of guanidine groups is 1. The highest BCUT2D eigenvalue weighted by Crippen LogP contribution is 2.23. The molecule has 0 atom stereocenters. The Kier molecular flexibility index (Phi) is 5.30. The summed E-state index contributed by atoms with van der Waals surface area (Å²) < 4.78 is 42.0. The summed E-state index contributed by atoms with van der Waals surface area (Å²) in [5.41, 5.74) is 8.09. The number of hydrogen-bond acceptors (Lipinski definition) is 3. The Bertz CT molecular complexity index is 905. The van der Waals surface area contributed by atoms with Gasteiger partial charge < -0.3 is 15.8 Å². The van der Waals surface area contributed by atoms with Crippen LogP contribution in [0, 0.1) is 0 Å². The first-order valence-corrected chi connectivity index (χ1v) is 7.91. The van der Waals surface area contributed by atoms with Gasteiger partial charge in [0, 0.05) is 17.4 Å². The van der Waals surface area contributed by atoms with E-state index in [1.54, 1.807) is 10.9 Å². The fourth-order valence-electron chi connectivity index (χ4n) is 2.27. The van der Waals surface area contributed by atoms with Gasteiger partial charge in [0.25, 0.3) is 0 Å². The van der Waals surface area contributed by atoms with Crippen LogP contribution >= 0.6 is 0 Å². The zero-order valence-corrected chi connectivity index (χ0v) is 14.0. The maximum absolute atomic E-state index is 12.1. The monoisotopic (exact) mass is 375 g/mol. The second-order valence-electron chi connectivity index (χ2n) is 5.53. The second-order valence-corrected chi connectivity index (χ2v) is 5.53. The maximum atomic E-state index is 12.1. The summed E-state index contributed by atoms with van der Waals surface area (Å²) in [6.45, 7) is 0.306. The average molecular weight is 375 g/mol. The van der Waals surface area contributed by atoms with E-state index in [1.807, 2.05) is 36.5 Å². The van der Waals surface area contributed by atoms with Crippen molar-refractivity contribution in [3.05, 3.63) is 72.6 Å². The minimum absolute atomic E-state index is 0.131. The summed E-state index contributed by atoms with van der Waals surface area (Å²) in [6, 6.07) is 14.8. The van der Waals surface area contributed by atoms with E-state index in [9.17, 15) is 13.2 Å². The molecule has 140 valence electrons. The molecule has 1 aromatic heterocycles. The lowest BCUT2D eigenvalue weighted by Gasteiger charge is -2.10. The van der Waals surface area contributed by atoms with Gasteiger partial charge in [-0.1, -0.05) is 18.2 Å². The molecule has 9 heteroatoms. The molecule has 6 nitrogen and oxygen atoms in total. The molecule has 27 heavy (non-hydrogen) atoms. The van der Waals surface area contributed by atoms with Crippen molar-refractivity contribution in [2.75, 3.05) is 5.32 Å². The molecule has 0 bridgehead atoms. The lowest BCUT2D eigenvalue weighted by atomic mass is 10.3. The van der Waals surface area contributed by atoms with Gasteiger partial charge in [0.2, 0.25) is 0 Å². The summed E-state index contributed by atoms with van der Waals surface area (Å²) in [5.74, 6) is -0.177. The van der Waals surface area contributed by atoms with Gasteiger partial charge in [-0.15, -0.1) is 13.2 Å². The third kappa shape index (κ3) is 5.50. The Balaban J connectivity index is 1.58. The van der Waals surface area contributed by atoms with Gasteiger partial charge in [-0.2, -0.15) is 5.10 Å². The minimum Gasteiger partial charge on any atom is -0.406 e. The number of benzene rings is 2. The molecule has 0 amide bonds. The third-order valence-corrected chi connectivity index (χ3v) is 3.45. The molecule has 0 aliphatic carbocycles. The first-order chi connectivity index (χ1) is 12.9. The topological polar surface area (TPSA) is 77.5 Å². The van der Waals surface area contributed by atoms with Gasteiger partial charge in [-0.25, -0.2) is 9.67 Å². The highest BCUT2D eigenvalue weighted by molar-refractivity contribution is 5.92. The number of anilines is 1. The Morgan fingerprint density at radius 3 is 2.48 bits per heavy atom. The summed E-state index contributed by atoms with van der Waals surface area (Å²) >= 11 is 0. The average Bonchev–Trinajstić information content (AvgIpc) is 3.10. The molecule has 0 fully saturated rings. The summed E-state index contributed by atoms with van der Waals surface area (Å²) in [6.07, 6.45) is -1.19. The zero-order valence-electron chi connectivity index (χ0n) is 14.0. The third-order valence-electron chi connectivity index (χ3n) is 3.45. The largest absolute Gasteiger partial charge is 0.573 e. The molecule has 3 rings (SSSR count). The van der Waals surface area contributed by atoms with Crippen molar-refractivity contribution in [3.63, 3.8) is 0 Å². The Morgan fingerprint density at radius 2 is 1.81 bits per heavy atom. The van der Waals surface area contributed by atoms with E-state index >= 15 is 0 Å². The number of hydrogen-bond donors (Lipinski definition) is 2. The van der Waals surface area contributed by atoms with Gasteiger partial charge in [0.05, 0.1) is 18.4 Å². The van der Waals surface area contributed by atoms with Crippen LogP contribution in [0.2, 0.25) is 0 Å². The van der Waals surface area contributed by atoms with Crippen molar-refractivity contribution in [1.82, 2.24) is 9.78 Å². The van der Waals surface area contributed by atoms with Crippen LogP contribution in [-0.2, 0) is 6.54 Å². The molecule has 0 aliphatic rings. The number of nitrogens with one attached hydrogen (secondary N) is 1. The fourth-order valence-corrected chi connectivity index (χ4v) is 2.27. The molecule has 0 saturated carbocycles. The molecule has 1 heterocycles. The predicted molar refractivity (Wildman–Crippen MR) is 95.6 cm³/mol. The van der Waals surface area contributed by atoms with Crippen molar-refractivity contribution in [3.8, 4) is 11.4 Å². The smallest absolute Gasteiger partial charge is 0.406 e. The molecule has 0 radical (unpaired) electrons. The molecule has 0 spiro atoms. The van der Waals surface area contributed by atoms with Crippen LogP contribution in [-0.4, -0.2) is 22.1 Å². The van der Waals surface area contributed by atoms with Crippen LogP contribution in [0.25, 0.3) is 5.69 Å². The lowest BCUT2D eigenvalue weighted by molar-refractivity contribution is -0.274. The van der Waals surface area contributed by atoms with Crippen LogP contribution in [0.5, 0.6) is 5.75 Å². The summed E-state index contributed by atoms with van der Waals surface area (Å²) in [5, 5.41) is 7.07. The Hall–Kier alpha value is -3.49. The number of ether oxygens (including phenoxy) is 1. The molecule has 0 unspecified atom stereocenters. The molecule has 0 aliphatic heterocycles. The predicted octanol–water partition coefficient (Wildman–Crippen LogP) is 3.70. The first-order valence-electron chi connectivity index (χ1n) is 7.91. The number of nitrogens with two attached hydrogens (primary N) is 1. The first kappa shape index (κ1) is 18.3. The van der Waals surface area contributed by atoms with Crippen molar-refractivity contribution in [2.45, 2.75) is 12.9 Å².